The van der Waals surface area contributed by atoms with Crippen molar-refractivity contribution in [2.45, 2.75) is 103 Å². The summed E-state index contributed by atoms with van der Waals surface area (Å²) in [5, 5.41) is 7.89. The van der Waals surface area contributed by atoms with Crippen LogP contribution >= 0.6 is 24.8 Å². The third-order valence-electron chi connectivity index (χ3n) is 9.21. The van der Waals surface area contributed by atoms with Gasteiger partial charge >= 0.3 is 0 Å². The fraction of sp³-hybridized carbons (Fsp3) is 0.667. The Morgan fingerprint density at radius 2 is 1.70 bits per heavy atom. The van der Waals surface area contributed by atoms with Gasteiger partial charge in [0.1, 0.15) is 11.6 Å². The third-order valence-corrected chi connectivity index (χ3v) is 11.0. The van der Waals surface area contributed by atoms with Crippen molar-refractivity contribution in [1.29, 1.82) is 0 Å². The van der Waals surface area contributed by atoms with E-state index >= 15 is 0 Å². The Bertz CT molecular complexity index is 1410. The molecule has 3 heterocycles. The molecule has 13 heteroatoms. The number of rotatable bonds is 14. The molecule has 1 aromatic heterocycles. The molecule has 0 bridgehead atoms. The van der Waals surface area contributed by atoms with Crippen LogP contribution in [0.2, 0.25) is 0 Å². The number of hydrogen-bond acceptors (Lipinski definition) is 7. The Morgan fingerprint density at radius 1 is 1.04 bits per heavy atom. The van der Waals surface area contributed by atoms with Crippen molar-refractivity contribution in [1.82, 2.24) is 24.9 Å². The standard InChI is InChI=1S/C33H51N5O5S.2ClH/c1-7-8-17-37-31(39)30(22-24(2)3)34-32(40)33(37)15-18-36(19-16-33)23-29-25(4)35-38(26(29)5)27-11-13-28(14-12-27)44(41,42)21-10-9-20-43-6;;/h11-14,24,30H,7-10,15-23H2,1-6H3,(H,34,40);2*1H/t30-;;/m0../s1. The van der Waals surface area contributed by atoms with E-state index in [1.165, 1.54) is 0 Å². The molecule has 10 nitrogen and oxygen atoms in total. The summed E-state index contributed by atoms with van der Waals surface area (Å²) in [6, 6.07) is 6.51. The first-order valence-electron chi connectivity index (χ1n) is 16.2. The van der Waals surface area contributed by atoms with E-state index in [4.69, 9.17) is 9.84 Å². The van der Waals surface area contributed by atoms with Crippen LogP contribution in [-0.4, -0.2) is 90.5 Å². The molecule has 2 fully saturated rings. The van der Waals surface area contributed by atoms with Gasteiger partial charge in [-0.1, -0.05) is 27.2 Å². The summed E-state index contributed by atoms with van der Waals surface area (Å²) in [7, 11) is -1.74. The number of piperazine rings is 1. The number of amides is 2. The Kier molecular flexibility index (Phi) is 15.0. The highest BCUT2D eigenvalue weighted by Crippen LogP contribution is 2.35. The molecule has 0 saturated carbocycles. The molecule has 1 N–H and O–H groups in total. The molecule has 1 spiro atoms. The SMILES string of the molecule is CCCCN1C(=O)[C@H](CC(C)C)NC(=O)C12CCN(Cc1c(C)nn(-c3ccc(S(=O)(=O)CCCCOC)cc3)c1C)CC2.Cl.Cl. The van der Waals surface area contributed by atoms with Crippen LogP contribution in [0.5, 0.6) is 0 Å². The smallest absolute Gasteiger partial charge is 0.246 e. The minimum atomic E-state index is -3.35. The quantitative estimate of drug-likeness (QED) is 0.275. The summed E-state index contributed by atoms with van der Waals surface area (Å²) in [4.78, 5) is 31.8. The maximum atomic E-state index is 13.6. The van der Waals surface area contributed by atoms with Gasteiger partial charge in [-0.05, 0) is 82.6 Å². The number of aromatic nitrogens is 2. The van der Waals surface area contributed by atoms with E-state index < -0.39 is 21.4 Å². The van der Waals surface area contributed by atoms with Crippen molar-refractivity contribution in [3.8, 4) is 5.69 Å². The molecule has 260 valence electrons. The van der Waals surface area contributed by atoms with E-state index in [-0.39, 0.29) is 42.4 Å². The van der Waals surface area contributed by atoms with Crippen LogP contribution in [0, 0.1) is 19.8 Å². The average Bonchev–Trinajstić information content (AvgIpc) is 3.27. The normalized spacial score (nSPS) is 18.4. The van der Waals surface area contributed by atoms with E-state index in [1.807, 2.05) is 35.6 Å². The van der Waals surface area contributed by atoms with Gasteiger partial charge in [0.15, 0.2) is 9.84 Å². The van der Waals surface area contributed by atoms with Crippen LogP contribution in [0.4, 0.5) is 0 Å². The Labute approximate surface area is 287 Å². The van der Waals surface area contributed by atoms with Gasteiger partial charge in [0.2, 0.25) is 11.8 Å². The second kappa shape index (κ2) is 17.3. The largest absolute Gasteiger partial charge is 0.385 e. The Morgan fingerprint density at radius 3 is 2.28 bits per heavy atom. The minimum absolute atomic E-state index is 0. The van der Waals surface area contributed by atoms with E-state index in [9.17, 15) is 18.0 Å². The molecule has 0 radical (unpaired) electrons. The van der Waals surface area contributed by atoms with E-state index in [1.54, 1.807) is 19.2 Å². The number of likely N-dealkylation sites (tertiary alicyclic amines) is 1. The Balaban J connectivity index is 0.00000368. The second-order valence-electron chi connectivity index (χ2n) is 12.9. The van der Waals surface area contributed by atoms with Crippen molar-refractivity contribution < 1.29 is 22.7 Å². The molecule has 2 amide bonds. The van der Waals surface area contributed by atoms with Crippen molar-refractivity contribution in [2.24, 2.45) is 5.92 Å². The van der Waals surface area contributed by atoms with E-state index in [0.717, 1.165) is 35.5 Å². The maximum absolute atomic E-state index is 13.6. The van der Waals surface area contributed by atoms with Gasteiger partial charge in [-0.2, -0.15) is 5.10 Å². The van der Waals surface area contributed by atoms with Crippen LogP contribution in [-0.2, 0) is 30.7 Å². The predicted octanol–water partition coefficient (Wildman–Crippen LogP) is 5.04. The highest BCUT2D eigenvalue weighted by molar-refractivity contribution is 7.91. The highest BCUT2D eigenvalue weighted by atomic mass is 35.5. The number of aryl methyl sites for hydroxylation is 1. The zero-order valence-electron chi connectivity index (χ0n) is 28.2. The first-order chi connectivity index (χ1) is 20.9. The molecule has 4 rings (SSSR count). The molecular formula is C33H53Cl2N5O5S. The number of unbranched alkanes of at least 4 members (excludes halogenated alkanes) is 2. The second-order valence-corrected chi connectivity index (χ2v) is 15.0. The molecule has 2 aliphatic heterocycles. The number of piperidine rings is 1. The lowest BCUT2D eigenvalue weighted by Gasteiger charge is -2.52. The van der Waals surface area contributed by atoms with Crippen LogP contribution in [0.15, 0.2) is 29.2 Å². The average molecular weight is 703 g/mol. The predicted molar refractivity (Wildman–Crippen MR) is 186 cm³/mol. The number of nitrogens with one attached hydrogen (secondary N) is 1. The number of halogens is 2. The summed E-state index contributed by atoms with van der Waals surface area (Å²) in [5.74, 6) is 0.488. The van der Waals surface area contributed by atoms with Crippen molar-refractivity contribution in [3.63, 3.8) is 0 Å². The number of methoxy groups -OCH3 is 1. The highest BCUT2D eigenvalue weighted by Gasteiger charge is 2.53. The molecule has 0 aliphatic carbocycles. The summed E-state index contributed by atoms with van der Waals surface area (Å²) in [6.45, 7) is 13.6. The van der Waals surface area contributed by atoms with E-state index in [2.05, 4.69) is 31.0 Å². The third kappa shape index (κ3) is 8.83. The van der Waals surface area contributed by atoms with Gasteiger partial charge in [-0.15, -0.1) is 24.8 Å². The summed E-state index contributed by atoms with van der Waals surface area (Å²) < 4.78 is 32.4. The van der Waals surface area contributed by atoms with Gasteiger partial charge in [0, 0.05) is 51.2 Å². The molecule has 2 aliphatic rings. The van der Waals surface area contributed by atoms with Crippen LogP contribution in [0.1, 0.15) is 82.7 Å². The van der Waals surface area contributed by atoms with E-state index in [0.29, 0.717) is 75.7 Å². The number of sulfone groups is 1. The topological polar surface area (TPSA) is 114 Å². The van der Waals surface area contributed by atoms with Gasteiger partial charge in [-0.3, -0.25) is 14.5 Å². The first kappa shape index (κ1) is 40.0. The molecule has 2 aromatic rings. The lowest BCUT2D eigenvalue weighted by Crippen LogP contribution is -2.73. The summed E-state index contributed by atoms with van der Waals surface area (Å²) in [6.07, 6.45) is 5.00. The molecule has 0 unspecified atom stereocenters. The monoisotopic (exact) mass is 701 g/mol. The lowest BCUT2D eigenvalue weighted by atomic mass is 9.80. The van der Waals surface area contributed by atoms with Gasteiger partial charge in [0.25, 0.3) is 0 Å². The minimum Gasteiger partial charge on any atom is -0.385 e. The van der Waals surface area contributed by atoms with Gasteiger partial charge in [-0.25, -0.2) is 13.1 Å². The van der Waals surface area contributed by atoms with Crippen molar-refractivity contribution in [2.75, 3.05) is 39.1 Å². The maximum Gasteiger partial charge on any atom is 0.246 e. The fourth-order valence-corrected chi connectivity index (χ4v) is 7.93. The molecule has 2 saturated heterocycles. The number of ether oxygens (including phenoxy) is 1. The number of hydrogen-bond donors (Lipinski definition) is 1. The Hall–Kier alpha value is -2.18. The lowest BCUT2D eigenvalue weighted by molar-refractivity contribution is -0.161. The number of benzene rings is 1. The van der Waals surface area contributed by atoms with Crippen LogP contribution in [0.25, 0.3) is 5.69 Å². The van der Waals surface area contributed by atoms with Gasteiger partial charge in [0.05, 0.1) is 22.0 Å². The molecule has 1 atom stereocenters. The van der Waals surface area contributed by atoms with Crippen molar-refractivity contribution in [3.05, 3.63) is 41.2 Å². The number of carbonyl (C=O) groups is 2. The zero-order valence-corrected chi connectivity index (χ0v) is 30.7. The van der Waals surface area contributed by atoms with Gasteiger partial charge < -0.3 is 15.0 Å². The number of carbonyl (C=O) groups excluding carboxylic acids is 2. The molecular weight excluding hydrogens is 649 g/mol. The fourth-order valence-electron chi connectivity index (χ4n) is 6.56. The summed E-state index contributed by atoms with van der Waals surface area (Å²) >= 11 is 0. The summed E-state index contributed by atoms with van der Waals surface area (Å²) in [5.41, 5.74) is 3.08. The molecule has 46 heavy (non-hydrogen) atoms. The first-order valence-corrected chi connectivity index (χ1v) is 17.8. The van der Waals surface area contributed by atoms with Crippen LogP contribution < -0.4 is 5.32 Å². The molecule has 1 aromatic carbocycles. The zero-order chi connectivity index (χ0) is 32.1. The van der Waals surface area contributed by atoms with Crippen LogP contribution in [0.3, 0.4) is 0 Å². The number of nitrogens with zero attached hydrogens (tertiary/aromatic N) is 4. The van der Waals surface area contributed by atoms with Crippen molar-refractivity contribution >= 4 is 46.5 Å².